The van der Waals surface area contributed by atoms with Gasteiger partial charge in [-0.25, -0.2) is 0 Å². The zero-order valence-corrected chi connectivity index (χ0v) is 16.5. The van der Waals surface area contributed by atoms with Crippen LogP contribution < -0.4 is 9.47 Å². The standard InChI is InChI=1S/C18H19Cl2NO3S/c1-21(10-12-4-7-17(25-3)16(8-12)23-2)18(22)11-24-15-6-5-13(19)9-14(15)20/h4-9H,10-11H2,1-3H3. The summed E-state index contributed by atoms with van der Waals surface area (Å²) >= 11 is 13.5. The molecule has 0 aliphatic carbocycles. The molecule has 0 spiro atoms. The Morgan fingerprint density at radius 1 is 1.16 bits per heavy atom. The van der Waals surface area contributed by atoms with E-state index in [9.17, 15) is 4.79 Å². The molecular weight excluding hydrogens is 381 g/mol. The number of nitrogens with zero attached hydrogens (tertiary/aromatic N) is 1. The van der Waals surface area contributed by atoms with Gasteiger partial charge in [-0.3, -0.25) is 4.79 Å². The predicted molar refractivity (Wildman–Crippen MR) is 103 cm³/mol. The van der Waals surface area contributed by atoms with Gasteiger partial charge in [-0.15, -0.1) is 11.8 Å². The first-order valence-corrected chi connectivity index (χ1v) is 9.45. The molecule has 0 radical (unpaired) electrons. The first kappa shape index (κ1) is 19.8. The summed E-state index contributed by atoms with van der Waals surface area (Å²) in [5.41, 5.74) is 0.982. The average Bonchev–Trinajstić information content (AvgIpc) is 2.60. The number of ether oxygens (including phenoxy) is 2. The van der Waals surface area contributed by atoms with Crippen molar-refractivity contribution in [2.45, 2.75) is 11.4 Å². The molecule has 134 valence electrons. The Balaban J connectivity index is 1.96. The molecule has 4 nitrogen and oxygen atoms in total. The lowest BCUT2D eigenvalue weighted by atomic mass is 10.2. The van der Waals surface area contributed by atoms with Gasteiger partial charge in [-0.05, 0) is 42.2 Å². The van der Waals surface area contributed by atoms with Crippen molar-refractivity contribution in [3.8, 4) is 11.5 Å². The summed E-state index contributed by atoms with van der Waals surface area (Å²) in [5, 5.41) is 0.892. The van der Waals surface area contributed by atoms with E-state index in [4.69, 9.17) is 32.7 Å². The van der Waals surface area contributed by atoms with Crippen LogP contribution in [0.4, 0.5) is 0 Å². The average molecular weight is 400 g/mol. The Hall–Kier alpha value is -1.56. The fourth-order valence-electron chi connectivity index (χ4n) is 2.18. The zero-order chi connectivity index (χ0) is 18.4. The summed E-state index contributed by atoms with van der Waals surface area (Å²) in [4.78, 5) is 14.9. The predicted octanol–water partition coefficient (Wildman–Crippen LogP) is 4.76. The minimum atomic E-state index is -0.154. The van der Waals surface area contributed by atoms with Crippen LogP contribution in [0.1, 0.15) is 5.56 Å². The summed E-state index contributed by atoms with van der Waals surface area (Å²) in [6, 6.07) is 10.8. The van der Waals surface area contributed by atoms with Crippen LogP contribution in [0.25, 0.3) is 0 Å². The van der Waals surface area contributed by atoms with Gasteiger partial charge >= 0.3 is 0 Å². The molecule has 0 N–H and O–H groups in total. The van der Waals surface area contributed by atoms with Crippen LogP contribution in [0.2, 0.25) is 10.0 Å². The molecule has 0 atom stereocenters. The first-order chi connectivity index (χ1) is 11.9. The zero-order valence-electron chi connectivity index (χ0n) is 14.2. The van der Waals surface area contributed by atoms with E-state index in [0.29, 0.717) is 22.3 Å². The normalized spacial score (nSPS) is 10.4. The van der Waals surface area contributed by atoms with Crippen LogP contribution >= 0.6 is 35.0 Å². The molecule has 0 heterocycles. The number of likely N-dealkylation sites (N-methyl/N-ethyl adjacent to an activating group) is 1. The van der Waals surface area contributed by atoms with Crippen molar-refractivity contribution < 1.29 is 14.3 Å². The van der Waals surface area contributed by atoms with Gasteiger partial charge in [0.2, 0.25) is 0 Å². The lowest BCUT2D eigenvalue weighted by Crippen LogP contribution is -2.31. The maximum atomic E-state index is 12.3. The number of thioether (sulfide) groups is 1. The molecule has 0 bridgehead atoms. The Morgan fingerprint density at radius 3 is 2.56 bits per heavy atom. The highest BCUT2D eigenvalue weighted by molar-refractivity contribution is 7.98. The Bertz CT molecular complexity index is 755. The summed E-state index contributed by atoms with van der Waals surface area (Å²) in [5.74, 6) is 1.08. The number of amides is 1. The third-order valence-corrected chi connectivity index (χ3v) is 4.85. The van der Waals surface area contributed by atoms with E-state index >= 15 is 0 Å². The third-order valence-electron chi connectivity index (χ3n) is 3.54. The van der Waals surface area contributed by atoms with Gasteiger partial charge in [0.15, 0.2) is 6.61 Å². The Labute approximate surface area is 162 Å². The second-order valence-electron chi connectivity index (χ2n) is 5.30. The molecule has 2 aromatic carbocycles. The number of carbonyl (C=O) groups is 1. The van der Waals surface area contributed by atoms with Gasteiger partial charge in [0.25, 0.3) is 5.91 Å². The van der Waals surface area contributed by atoms with Gasteiger partial charge in [-0.1, -0.05) is 29.3 Å². The Kier molecular flexibility index (Phi) is 7.29. The van der Waals surface area contributed by atoms with E-state index in [1.165, 1.54) is 0 Å². The monoisotopic (exact) mass is 399 g/mol. The lowest BCUT2D eigenvalue weighted by Gasteiger charge is -2.19. The van der Waals surface area contributed by atoms with Crippen molar-refractivity contribution in [3.05, 3.63) is 52.0 Å². The van der Waals surface area contributed by atoms with E-state index in [-0.39, 0.29) is 12.5 Å². The number of hydrogen-bond acceptors (Lipinski definition) is 4. The van der Waals surface area contributed by atoms with Crippen LogP contribution in [0, 0.1) is 0 Å². The molecular formula is C18H19Cl2NO3S. The smallest absolute Gasteiger partial charge is 0.260 e. The molecule has 2 rings (SSSR count). The van der Waals surface area contributed by atoms with Gasteiger partial charge in [0.05, 0.1) is 12.1 Å². The second kappa shape index (κ2) is 9.22. The minimum Gasteiger partial charge on any atom is -0.496 e. The summed E-state index contributed by atoms with van der Waals surface area (Å²) in [6.07, 6.45) is 1.99. The SMILES string of the molecule is COc1cc(CN(C)C(=O)COc2ccc(Cl)cc2Cl)ccc1SC. The molecule has 0 fully saturated rings. The van der Waals surface area contributed by atoms with Crippen LogP contribution in [0.3, 0.4) is 0 Å². The van der Waals surface area contributed by atoms with Crippen molar-refractivity contribution >= 4 is 40.9 Å². The number of hydrogen-bond donors (Lipinski definition) is 0. The van der Waals surface area contributed by atoms with Gasteiger partial charge in [0.1, 0.15) is 11.5 Å². The molecule has 7 heteroatoms. The Morgan fingerprint density at radius 2 is 1.92 bits per heavy atom. The van der Waals surface area contributed by atoms with Crippen LogP contribution in [0.5, 0.6) is 11.5 Å². The highest BCUT2D eigenvalue weighted by Gasteiger charge is 2.13. The molecule has 25 heavy (non-hydrogen) atoms. The quantitative estimate of drug-likeness (QED) is 0.628. The minimum absolute atomic E-state index is 0.0993. The summed E-state index contributed by atoms with van der Waals surface area (Å²) in [7, 11) is 3.36. The van der Waals surface area contributed by atoms with Crippen molar-refractivity contribution in [1.82, 2.24) is 4.90 Å². The number of methoxy groups -OCH3 is 1. The molecule has 2 aromatic rings. The molecule has 0 aliphatic heterocycles. The molecule has 0 saturated heterocycles. The van der Waals surface area contributed by atoms with Gasteiger partial charge < -0.3 is 14.4 Å². The maximum absolute atomic E-state index is 12.3. The first-order valence-electron chi connectivity index (χ1n) is 7.47. The molecule has 0 unspecified atom stereocenters. The maximum Gasteiger partial charge on any atom is 0.260 e. The van der Waals surface area contributed by atoms with E-state index < -0.39 is 0 Å². The van der Waals surface area contributed by atoms with Crippen molar-refractivity contribution in [3.63, 3.8) is 0 Å². The fourth-order valence-corrected chi connectivity index (χ4v) is 3.19. The number of halogens is 2. The van der Waals surface area contributed by atoms with E-state index in [2.05, 4.69) is 0 Å². The van der Waals surface area contributed by atoms with Crippen molar-refractivity contribution in [1.29, 1.82) is 0 Å². The number of rotatable bonds is 7. The van der Waals surface area contributed by atoms with Gasteiger partial charge in [-0.2, -0.15) is 0 Å². The second-order valence-corrected chi connectivity index (χ2v) is 6.99. The summed E-state index contributed by atoms with van der Waals surface area (Å²) < 4.78 is 10.9. The molecule has 0 saturated carbocycles. The van der Waals surface area contributed by atoms with Crippen LogP contribution in [0.15, 0.2) is 41.3 Å². The van der Waals surface area contributed by atoms with Crippen molar-refractivity contribution in [2.75, 3.05) is 27.0 Å². The number of benzene rings is 2. The van der Waals surface area contributed by atoms with Crippen LogP contribution in [-0.2, 0) is 11.3 Å². The van der Waals surface area contributed by atoms with Gasteiger partial charge in [0, 0.05) is 23.5 Å². The largest absolute Gasteiger partial charge is 0.496 e. The molecule has 0 aliphatic rings. The molecule has 0 aromatic heterocycles. The summed E-state index contributed by atoms with van der Waals surface area (Å²) in [6.45, 7) is 0.361. The molecule has 1 amide bonds. The van der Waals surface area contributed by atoms with Crippen LogP contribution in [-0.4, -0.2) is 37.8 Å². The lowest BCUT2D eigenvalue weighted by molar-refractivity contribution is -0.132. The topological polar surface area (TPSA) is 38.8 Å². The van der Waals surface area contributed by atoms with Crippen molar-refractivity contribution in [2.24, 2.45) is 0 Å². The third kappa shape index (κ3) is 5.46. The highest BCUT2D eigenvalue weighted by atomic mass is 35.5. The van der Waals surface area contributed by atoms with E-state index in [1.807, 2.05) is 24.5 Å². The number of carbonyl (C=O) groups excluding carboxylic acids is 1. The highest BCUT2D eigenvalue weighted by Crippen LogP contribution is 2.29. The fraction of sp³-hybridized carbons (Fsp3) is 0.278. The van der Waals surface area contributed by atoms with E-state index in [0.717, 1.165) is 16.2 Å². The van der Waals surface area contributed by atoms with E-state index in [1.54, 1.807) is 49.0 Å².